The van der Waals surface area contributed by atoms with Gasteiger partial charge in [-0.25, -0.2) is 4.39 Å². The van der Waals surface area contributed by atoms with Crippen molar-refractivity contribution < 1.29 is 9.13 Å². The maximum Gasteiger partial charge on any atom is 0.142 e. The predicted octanol–water partition coefficient (Wildman–Crippen LogP) is 2.95. The van der Waals surface area contributed by atoms with Crippen molar-refractivity contribution in [3.05, 3.63) is 34.6 Å². The van der Waals surface area contributed by atoms with Gasteiger partial charge in [0, 0.05) is 6.61 Å². The van der Waals surface area contributed by atoms with Crippen LogP contribution in [0.1, 0.15) is 12.0 Å². The third-order valence-electron chi connectivity index (χ3n) is 2.87. The summed E-state index contributed by atoms with van der Waals surface area (Å²) in [5, 5.41) is 9.26. The molecule has 0 N–H and O–H groups in total. The first kappa shape index (κ1) is 11.4. The van der Waals surface area contributed by atoms with Gasteiger partial charge in [0.05, 0.1) is 23.1 Å². The third kappa shape index (κ3) is 2.18. The molecule has 0 aliphatic carbocycles. The van der Waals surface area contributed by atoms with Crippen LogP contribution in [0.25, 0.3) is 0 Å². The van der Waals surface area contributed by atoms with Crippen LogP contribution in [-0.2, 0) is 11.2 Å². The Bertz CT molecular complexity index is 435. The molecule has 1 aliphatic heterocycles. The summed E-state index contributed by atoms with van der Waals surface area (Å²) in [6.07, 6.45) is 1.21. The Morgan fingerprint density at radius 3 is 2.94 bits per heavy atom. The molecule has 0 bridgehead atoms. The average molecular weight is 240 g/mol. The summed E-state index contributed by atoms with van der Waals surface area (Å²) in [6, 6.07) is 6.94. The molecule has 1 aliphatic rings. The first-order chi connectivity index (χ1) is 7.65. The highest BCUT2D eigenvalue weighted by Gasteiger charge is 2.35. The number of nitrogens with zero attached hydrogens (tertiary/aromatic N) is 1. The Morgan fingerprint density at radius 1 is 1.56 bits per heavy atom. The lowest BCUT2D eigenvalue weighted by Gasteiger charge is -2.18. The fourth-order valence-corrected chi connectivity index (χ4v) is 2.03. The average Bonchev–Trinajstić information content (AvgIpc) is 2.73. The van der Waals surface area contributed by atoms with Crippen LogP contribution in [0.2, 0.25) is 5.02 Å². The maximum absolute atomic E-state index is 13.2. The molecule has 0 radical (unpaired) electrons. The fourth-order valence-electron chi connectivity index (χ4n) is 1.91. The highest BCUT2D eigenvalue weighted by atomic mass is 35.5. The van der Waals surface area contributed by atoms with Crippen LogP contribution in [0, 0.1) is 22.6 Å². The van der Waals surface area contributed by atoms with E-state index in [1.165, 1.54) is 12.1 Å². The second-order valence-corrected chi connectivity index (χ2v) is 4.53. The van der Waals surface area contributed by atoms with Gasteiger partial charge in [-0.3, -0.25) is 0 Å². The van der Waals surface area contributed by atoms with E-state index >= 15 is 0 Å². The van der Waals surface area contributed by atoms with Crippen molar-refractivity contribution in [3.8, 4) is 6.07 Å². The molecule has 0 saturated carbocycles. The van der Waals surface area contributed by atoms with Crippen LogP contribution < -0.4 is 0 Å². The molecule has 16 heavy (non-hydrogen) atoms. The molecule has 2 rings (SSSR count). The summed E-state index contributed by atoms with van der Waals surface area (Å²) in [7, 11) is 0. The Hall–Kier alpha value is -1.11. The molecule has 1 heterocycles. The zero-order chi connectivity index (χ0) is 11.6. The van der Waals surface area contributed by atoms with Gasteiger partial charge >= 0.3 is 0 Å². The largest absolute Gasteiger partial charge is 0.380 e. The van der Waals surface area contributed by atoms with E-state index in [1.54, 1.807) is 6.07 Å². The predicted molar refractivity (Wildman–Crippen MR) is 58.6 cm³/mol. The summed E-state index contributed by atoms with van der Waals surface area (Å²) in [5.41, 5.74) is 0.286. The van der Waals surface area contributed by atoms with Crippen molar-refractivity contribution in [2.75, 3.05) is 13.2 Å². The summed E-state index contributed by atoms with van der Waals surface area (Å²) in [5.74, 6) is -0.439. The molecular weight excluding hydrogens is 229 g/mol. The normalized spacial score (nSPS) is 24.3. The van der Waals surface area contributed by atoms with E-state index in [2.05, 4.69) is 6.07 Å². The Balaban J connectivity index is 2.20. The first-order valence-electron chi connectivity index (χ1n) is 5.08. The standard InChI is InChI=1S/C12H11ClFNO/c13-10-2-1-9(5-11(10)14)6-12(7-15)3-4-16-8-12/h1-2,5H,3-4,6,8H2. The molecule has 1 aromatic rings. The molecule has 84 valence electrons. The summed E-state index contributed by atoms with van der Waals surface area (Å²) >= 11 is 5.60. The van der Waals surface area contributed by atoms with E-state index in [1.807, 2.05) is 0 Å². The van der Waals surface area contributed by atoms with E-state index in [4.69, 9.17) is 21.6 Å². The molecule has 1 aromatic carbocycles. The number of hydrogen-bond donors (Lipinski definition) is 0. The van der Waals surface area contributed by atoms with Gasteiger partial charge in [0.25, 0.3) is 0 Å². The van der Waals surface area contributed by atoms with Crippen LogP contribution in [0.4, 0.5) is 4.39 Å². The van der Waals surface area contributed by atoms with Gasteiger partial charge in [0.2, 0.25) is 0 Å². The molecule has 4 heteroatoms. The van der Waals surface area contributed by atoms with Gasteiger partial charge in [-0.2, -0.15) is 5.26 Å². The minimum absolute atomic E-state index is 0.109. The van der Waals surface area contributed by atoms with Crippen LogP contribution >= 0.6 is 11.6 Å². The monoisotopic (exact) mass is 239 g/mol. The van der Waals surface area contributed by atoms with Gasteiger partial charge in [-0.15, -0.1) is 0 Å². The highest BCUT2D eigenvalue weighted by molar-refractivity contribution is 6.30. The minimum atomic E-state index is -0.500. The number of nitriles is 1. The van der Waals surface area contributed by atoms with Crippen LogP contribution in [0.5, 0.6) is 0 Å². The summed E-state index contributed by atoms with van der Waals surface area (Å²) < 4.78 is 18.5. The van der Waals surface area contributed by atoms with Crippen molar-refractivity contribution in [1.29, 1.82) is 5.26 Å². The molecule has 0 spiro atoms. The SMILES string of the molecule is N#CC1(Cc2ccc(Cl)c(F)c2)CCOC1. The molecule has 1 atom stereocenters. The molecule has 1 fully saturated rings. The van der Waals surface area contributed by atoms with Crippen molar-refractivity contribution in [1.82, 2.24) is 0 Å². The molecule has 0 aromatic heterocycles. The van der Waals surface area contributed by atoms with Crippen molar-refractivity contribution in [2.24, 2.45) is 5.41 Å². The van der Waals surface area contributed by atoms with Crippen molar-refractivity contribution in [2.45, 2.75) is 12.8 Å². The number of ether oxygens (including phenoxy) is 1. The van der Waals surface area contributed by atoms with Crippen LogP contribution in [0.15, 0.2) is 18.2 Å². The lowest BCUT2D eigenvalue weighted by Crippen LogP contribution is -2.21. The van der Waals surface area contributed by atoms with E-state index < -0.39 is 11.2 Å². The molecule has 1 unspecified atom stereocenters. The molecular formula is C12H11ClFNO. The zero-order valence-corrected chi connectivity index (χ0v) is 9.43. The molecule has 1 saturated heterocycles. The Labute approximate surface area is 98.6 Å². The number of halogens is 2. The Kier molecular flexibility index (Phi) is 3.13. The summed E-state index contributed by atoms with van der Waals surface area (Å²) in [6.45, 7) is 1.03. The van der Waals surface area contributed by atoms with E-state index in [0.717, 1.165) is 5.56 Å². The fraction of sp³-hybridized carbons (Fsp3) is 0.417. The van der Waals surface area contributed by atoms with Crippen LogP contribution in [-0.4, -0.2) is 13.2 Å². The van der Waals surface area contributed by atoms with Gasteiger partial charge in [-0.05, 0) is 30.5 Å². The first-order valence-corrected chi connectivity index (χ1v) is 5.46. The van der Waals surface area contributed by atoms with Gasteiger partial charge in [0.1, 0.15) is 5.82 Å². The van der Waals surface area contributed by atoms with E-state index in [9.17, 15) is 4.39 Å². The molecule has 2 nitrogen and oxygen atoms in total. The zero-order valence-electron chi connectivity index (χ0n) is 8.67. The van der Waals surface area contributed by atoms with Gasteiger partial charge in [0.15, 0.2) is 0 Å². The number of benzene rings is 1. The molecule has 0 amide bonds. The lowest BCUT2D eigenvalue weighted by molar-refractivity contribution is 0.171. The Morgan fingerprint density at radius 2 is 2.38 bits per heavy atom. The minimum Gasteiger partial charge on any atom is -0.380 e. The van der Waals surface area contributed by atoms with Crippen molar-refractivity contribution >= 4 is 11.6 Å². The topological polar surface area (TPSA) is 33.0 Å². The second-order valence-electron chi connectivity index (χ2n) is 4.12. The number of rotatable bonds is 2. The van der Waals surface area contributed by atoms with Gasteiger partial charge < -0.3 is 4.74 Å². The highest BCUT2D eigenvalue weighted by Crippen LogP contribution is 2.32. The quantitative estimate of drug-likeness (QED) is 0.795. The van der Waals surface area contributed by atoms with E-state index in [0.29, 0.717) is 26.1 Å². The smallest absolute Gasteiger partial charge is 0.142 e. The summed E-state index contributed by atoms with van der Waals surface area (Å²) in [4.78, 5) is 0. The number of hydrogen-bond acceptors (Lipinski definition) is 2. The second kappa shape index (κ2) is 4.40. The lowest BCUT2D eigenvalue weighted by atomic mass is 9.82. The third-order valence-corrected chi connectivity index (χ3v) is 3.17. The maximum atomic E-state index is 13.2. The van der Waals surface area contributed by atoms with Gasteiger partial charge in [-0.1, -0.05) is 17.7 Å². The van der Waals surface area contributed by atoms with Crippen molar-refractivity contribution in [3.63, 3.8) is 0 Å². The van der Waals surface area contributed by atoms with Crippen LogP contribution in [0.3, 0.4) is 0 Å². The van der Waals surface area contributed by atoms with E-state index in [-0.39, 0.29) is 5.02 Å².